The van der Waals surface area contributed by atoms with Gasteiger partial charge < -0.3 is 10.5 Å². The van der Waals surface area contributed by atoms with Crippen LogP contribution in [0.3, 0.4) is 0 Å². The van der Waals surface area contributed by atoms with E-state index in [-0.39, 0.29) is 6.04 Å². The molecule has 0 fully saturated rings. The lowest BCUT2D eigenvalue weighted by atomic mass is 10.1. The second kappa shape index (κ2) is 6.50. The predicted molar refractivity (Wildman–Crippen MR) is 89.5 cm³/mol. The van der Waals surface area contributed by atoms with Crippen molar-refractivity contribution in [2.45, 2.75) is 40.2 Å². The first-order chi connectivity index (χ1) is 9.86. The van der Waals surface area contributed by atoms with E-state index in [0.717, 1.165) is 23.3 Å². The highest BCUT2D eigenvalue weighted by Gasteiger charge is 2.09. The van der Waals surface area contributed by atoms with Crippen LogP contribution in [0.5, 0.6) is 11.5 Å². The molecular formula is C18H22ClNO. The Morgan fingerprint density at radius 3 is 2.43 bits per heavy atom. The Kier molecular flexibility index (Phi) is 4.92. The van der Waals surface area contributed by atoms with Gasteiger partial charge in [0.05, 0.1) is 5.02 Å². The fourth-order valence-corrected chi connectivity index (χ4v) is 2.59. The highest BCUT2D eigenvalue weighted by molar-refractivity contribution is 6.32. The third-order valence-corrected chi connectivity index (χ3v) is 3.83. The first kappa shape index (κ1) is 15.9. The molecule has 0 heterocycles. The smallest absolute Gasteiger partial charge is 0.146 e. The van der Waals surface area contributed by atoms with Gasteiger partial charge in [-0.25, -0.2) is 0 Å². The van der Waals surface area contributed by atoms with Crippen LogP contribution in [0.2, 0.25) is 5.02 Å². The summed E-state index contributed by atoms with van der Waals surface area (Å²) in [4.78, 5) is 0. The summed E-state index contributed by atoms with van der Waals surface area (Å²) in [5.41, 5.74) is 10.5. The number of halogens is 1. The van der Waals surface area contributed by atoms with Crippen LogP contribution in [-0.2, 0) is 6.42 Å². The Morgan fingerprint density at radius 1 is 1.10 bits per heavy atom. The van der Waals surface area contributed by atoms with Gasteiger partial charge in [-0.3, -0.25) is 0 Å². The van der Waals surface area contributed by atoms with Crippen LogP contribution in [0, 0.1) is 20.8 Å². The van der Waals surface area contributed by atoms with E-state index in [9.17, 15) is 0 Å². The van der Waals surface area contributed by atoms with Gasteiger partial charge in [0.2, 0.25) is 0 Å². The van der Waals surface area contributed by atoms with E-state index < -0.39 is 0 Å². The topological polar surface area (TPSA) is 35.2 Å². The minimum absolute atomic E-state index is 0.120. The first-order valence-corrected chi connectivity index (χ1v) is 7.54. The Labute approximate surface area is 131 Å². The van der Waals surface area contributed by atoms with Gasteiger partial charge in [0.25, 0.3) is 0 Å². The van der Waals surface area contributed by atoms with Crippen molar-refractivity contribution in [2.75, 3.05) is 0 Å². The number of benzene rings is 2. The molecule has 1 atom stereocenters. The van der Waals surface area contributed by atoms with E-state index in [4.69, 9.17) is 22.1 Å². The summed E-state index contributed by atoms with van der Waals surface area (Å²) in [5.74, 6) is 1.53. The third kappa shape index (κ3) is 3.99. The van der Waals surface area contributed by atoms with Crippen molar-refractivity contribution >= 4 is 11.6 Å². The highest BCUT2D eigenvalue weighted by Crippen LogP contribution is 2.33. The van der Waals surface area contributed by atoms with Crippen LogP contribution < -0.4 is 10.5 Å². The molecule has 2 aromatic carbocycles. The molecule has 112 valence electrons. The molecule has 1 unspecified atom stereocenters. The fraction of sp³-hybridized carbons (Fsp3) is 0.333. The van der Waals surface area contributed by atoms with Crippen LogP contribution in [0.15, 0.2) is 30.3 Å². The van der Waals surface area contributed by atoms with Crippen LogP contribution in [0.25, 0.3) is 0 Å². The van der Waals surface area contributed by atoms with Gasteiger partial charge in [-0.2, -0.15) is 0 Å². The fourth-order valence-electron chi connectivity index (χ4n) is 2.35. The summed E-state index contributed by atoms with van der Waals surface area (Å²) in [6.07, 6.45) is 0.808. The highest BCUT2D eigenvalue weighted by atomic mass is 35.5. The van der Waals surface area contributed by atoms with E-state index in [1.165, 1.54) is 11.1 Å². The number of hydrogen-bond acceptors (Lipinski definition) is 2. The monoisotopic (exact) mass is 303 g/mol. The molecule has 0 radical (unpaired) electrons. The van der Waals surface area contributed by atoms with Gasteiger partial charge in [-0.1, -0.05) is 23.7 Å². The predicted octanol–water partition coefficient (Wildman–Crippen LogP) is 4.95. The molecule has 2 nitrogen and oxygen atoms in total. The summed E-state index contributed by atoms with van der Waals surface area (Å²) in [6.45, 7) is 8.19. The minimum atomic E-state index is 0.120. The van der Waals surface area contributed by atoms with Crippen molar-refractivity contribution in [3.8, 4) is 11.5 Å². The number of rotatable bonds is 4. The lowest BCUT2D eigenvalue weighted by molar-refractivity contribution is 0.478. The maximum absolute atomic E-state index is 6.33. The van der Waals surface area contributed by atoms with Crippen LogP contribution in [0.4, 0.5) is 0 Å². The molecule has 2 aromatic rings. The summed E-state index contributed by atoms with van der Waals surface area (Å²) in [5, 5.41) is 0.617. The van der Waals surface area contributed by atoms with E-state index in [1.54, 1.807) is 0 Å². The molecule has 0 saturated heterocycles. The van der Waals surface area contributed by atoms with Crippen LogP contribution in [-0.4, -0.2) is 6.04 Å². The van der Waals surface area contributed by atoms with Crippen molar-refractivity contribution in [3.05, 3.63) is 57.6 Å². The summed E-state index contributed by atoms with van der Waals surface area (Å²) < 4.78 is 6.00. The molecule has 3 heteroatoms. The molecule has 21 heavy (non-hydrogen) atoms. The zero-order valence-corrected chi connectivity index (χ0v) is 13.8. The molecule has 2 N–H and O–H groups in total. The SMILES string of the molecule is Cc1cc(C)c(C)c(Oc2ccc(CC(C)N)cc2Cl)c1. The van der Waals surface area contributed by atoms with E-state index in [1.807, 2.05) is 31.2 Å². The average molecular weight is 304 g/mol. The molecule has 0 amide bonds. The average Bonchev–Trinajstić information content (AvgIpc) is 2.37. The number of nitrogens with two attached hydrogens (primary N) is 1. The second-order valence-electron chi connectivity index (χ2n) is 5.75. The Bertz CT molecular complexity index is 650. The zero-order valence-electron chi connectivity index (χ0n) is 13.0. The third-order valence-electron chi connectivity index (χ3n) is 3.54. The van der Waals surface area contributed by atoms with Gasteiger partial charge >= 0.3 is 0 Å². The first-order valence-electron chi connectivity index (χ1n) is 7.16. The largest absolute Gasteiger partial charge is 0.456 e. The van der Waals surface area contributed by atoms with Crippen molar-refractivity contribution in [1.29, 1.82) is 0 Å². The Hall–Kier alpha value is -1.51. The van der Waals surface area contributed by atoms with Gasteiger partial charge in [0, 0.05) is 6.04 Å². The summed E-state index contributed by atoms with van der Waals surface area (Å²) in [6, 6.07) is 10.2. The molecule has 0 aliphatic heterocycles. The lowest BCUT2D eigenvalue weighted by Crippen LogP contribution is -2.17. The Morgan fingerprint density at radius 2 is 1.81 bits per heavy atom. The molecular weight excluding hydrogens is 282 g/mol. The van der Waals surface area contributed by atoms with E-state index >= 15 is 0 Å². The summed E-state index contributed by atoms with van der Waals surface area (Å²) in [7, 11) is 0. The molecule has 0 aliphatic carbocycles. The zero-order chi connectivity index (χ0) is 15.6. The van der Waals surface area contributed by atoms with Gasteiger partial charge in [-0.15, -0.1) is 0 Å². The normalized spacial score (nSPS) is 12.3. The van der Waals surface area contributed by atoms with Gasteiger partial charge in [0.1, 0.15) is 11.5 Å². The van der Waals surface area contributed by atoms with Gasteiger partial charge in [-0.05, 0) is 74.6 Å². The van der Waals surface area contributed by atoms with E-state index in [2.05, 4.69) is 26.8 Å². The maximum atomic E-state index is 6.33. The van der Waals surface area contributed by atoms with E-state index in [0.29, 0.717) is 10.8 Å². The van der Waals surface area contributed by atoms with Crippen molar-refractivity contribution < 1.29 is 4.74 Å². The molecule has 0 aromatic heterocycles. The molecule has 0 saturated carbocycles. The quantitative estimate of drug-likeness (QED) is 0.867. The Balaban J connectivity index is 2.28. The number of hydrogen-bond donors (Lipinski definition) is 1. The molecule has 2 rings (SSSR count). The van der Waals surface area contributed by atoms with Crippen LogP contribution in [0.1, 0.15) is 29.2 Å². The lowest BCUT2D eigenvalue weighted by Gasteiger charge is -2.14. The molecule has 0 bridgehead atoms. The maximum Gasteiger partial charge on any atom is 0.146 e. The summed E-state index contributed by atoms with van der Waals surface area (Å²) >= 11 is 6.33. The molecule has 0 aliphatic rings. The van der Waals surface area contributed by atoms with Crippen molar-refractivity contribution in [3.63, 3.8) is 0 Å². The standard InChI is InChI=1S/C18H22ClNO/c1-11-7-12(2)14(4)18(8-11)21-17-6-5-15(9-13(3)20)10-16(17)19/h5-8,10,13H,9,20H2,1-4H3. The van der Waals surface area contributed by atoms with Gasteiger partial charge in [0.15, 0.2) is 0 Å². The second-order valence-corrected chi connectivity index (χ2v) is 6.16. The molecule has 0 spiro atoms. The van der Waals surface area contributed by atoms with Crippen molar-refractivity contribution in [2.24, 2.45) is 5.73 Å². The van der Waals surface area contributed by atoms with Crippen molar-refractivity contribution in [1.82, 2.24) is 0 Å². The number of ether oxygens (including phenoxy) is 1. The van der Waals surface area contributed by atoms with Crippen LogP contribution >= 0.6 is 11.6 Å². The number of aryl methyl sites for hydroxylation is 2. The minimum Gasteiger partial charge on any atom is -0.456 e.